The normalized spacial score (nSPS) is 21.7. The van der Waals surface area contributed by atoms with Crippen molar-refractivity contribution in [2.75, 3.05) is 13.2 Å². The number of hydrogen-bond acceptors (Lipinski definition) is 2. The van der Waals surface area contributed by atoms with E-state index in [0.717, 1.165) is 12.8 Å². The van der Waals surface area contributed by atoms with Gasteiger partial charge in [0, 0.05) is 0 Å². The predicted molar refractivity (Wildman–Crippen MR) is 89.0 cm³/mol. The highest BCUT2D eigenvalue weighted by Crippen LogP contribution is 2.30. The lowest BCUT2D eigenvalue weighted by atomic mass is 10.0. The minimum Gasteiger partial charge on any atom is -0.368 e. The highest BCUT2D eigenvalue weighted by Gasteiger charge is 2.24. The van der Waals surface area contributed by atoms with E-state index < -0.39 is 0 Å². The van der Waals surface area contributed by atoms with Gasteiger partial charge in [0.2, 0.25) is 0 Å². The van der Waals surface area contributed by atoms with E-state index in [-0.39, 0.29) is 12.2 Å². The van der Waals surface area contributed by atoms with E-state index in [1.54, 1.807) is 0 Å². The van der Waals surface area contributed by atoms with E-state index in [9.17, 15) is 0 Å². The molecule has 0 aliphatic carbocycles. The molecule has 2 aromatic rings. The van der Waals surface area contributed by atoms with E-state index in [2.05, 4.69) is 62.4 Å². The summed E-state index contributed by atoms with van der Waals surface area (Å²) in [6.45, 7) is 5.57. The van der Waals surface area contributed by atoms with Gasteiger partial charge < -0.3 is 9.47 Å². The molecule has 2 atom stereocenters. The van der Waals surface area contributed by atoms with Crippen molar-refractivity contribution in [1.82, 2.24) is 0 Å². The molecule has 0 amide bonds. The molecular formula is C20H24O2. The van der Waals surface area contributed by atoms with Crippen molar-refractivity contribution in [2.45, 2.75) is 38.9 Å². The van der Waals surface area contributed by atoms with Gasteiger partial charge in [0.15, 0.2) is 0 Å². The first-order chi connectivity index (χ1) is 10.8. The van der Waals surface area contributed by atoms with Gasteiger partial charge in [0.05, 0.1) is 13.2 Å². The van der Waals surface area contributed by atoms with Gasteiger partial charge in [-0.05, 0) is 35.1 Å². The lowest BCUT2D eigenvalue weighted by Crippen LogP contribution is -2.25. The Morgan fingerprint density at radius 3 is 1.32 bits per heavy atom. The Morgan fingerprint density at radius 2 is 1.05 bits per heavy atom. The largest absolute Gasteiger partial charge is 0.368 e. The molecule has 116 valence electrons. The van der Waals surface area contributed by atoms with E-state index in [1.165, 1.54) is 22.3 Å². The minimum absolute atomic E-state index is 0.0528. The van der Waals surface area contributed by atoms with E-state index in [1.807, 2.05) is 0 Å². The molecule has 0 radical (unpaired) electrons. The van der Waals surface area contributed by atoms with E-state index in [0.29, 0.717) is 13.2 Å². The maximum Gasteiger partial charge on any atom is 0.106 e. The highest BCUT2D eigenvalue weighted by atomic mass is 16.6. The van der Waals surface area contributed by atoms with Gasteiger partial charge in [-0.15, -0.1) is 0 Å². The van der Waals surface area contributed by atoms with Crippen LogP contribution in [-0.4, -0.2) is 13.2 Å². The summed E-state index contributed by atoms with van der Waals surface area (Å²) in [6.07, 6.45) is 2.24. The summed E-state index contributed by atoms with van der Waals surface area (Å²) in [7, 11) is 0. The van der Waals surface area contributed by atoms with E-state index >= 15 is 0 Å². The lowest BCUT2D eigenvalue weighted by molar-refractivity contribution is -0.137. The highest BCUT2D eigenvalue weighted by molar-refractivity contribution is 5.26. The maximum atomic E-state index is 6.04. The summed E-state index contributed by atoms with van der Waals surface area (Å²) in [5.41, 5.74) is 5.12. The van der Waals surface area contributed by atoms with Gasteiger partial charge in [0.1, 0.15) is 12.2 Å². The van der Waals surface area contributed by atoms with Crippen LogP contribution in [0.25, 0.3) is 0 Å². The van der Waals surface area contributed by atoms with Crippen LogP contribution in [0.5, 0.6) is 0 Å². The summed E-state index contributed by atoms with van der Waals surface area (Å²) in [5, 5.41) is 0. The Hall–Kier alpha value is -1.64. The number of hydrogen-bond donors (Lipinski definition) is 0. The monoisotopic (exact) mass is 296 g/mol. The Kier molecular flexibility index (Phi) is 4.91. The van der Waals surface area contributed by atoms with Crippen molar-refractivity contribution in [3.05, 3.63) is 70.8 Å². The predicted octanol–water partition coefficient (Wildman–Crippen LogP) is 4.64. The van der Waals surface area contributed by atoms with Crippen LogP contribution < -0.4 is 0 Å². The van der Waals surface area contributed by atoms with Gasteiger partial charge >= 0.3 is 0 Å². The van der Waals surface area contributed by atoms with Crippen molar-refractivity contribution in [3.8, 4) is 0 Å². The average Bonchev–Trinajstić information content (AvgIpc) is 2.62. The smallest absolute Gasteiger partial charge is 0.106 e. The Labute approximate surface area is 133 Å². The first-order valence-electron chi connectivity index (χ1n) is 8.21. The fourth-order valence-electron chi connectivity index (χ4n) is 2.82. The SMILES string of the molecule is CCc1ccc(C2COC(c3ccc(CC)cc3)CO2)cc1. The van der Waals surface area contributed by atoms with Crippen molar-refractivity contribution >= 4 is 0 Å². The first-order valence-corrected chi connectivity index (χ1v) is 8.21. The Morgan fingerprint density at radius 1 is 0.682 bits per heavy atom. The summed E-state index contributed by atoms with van der Waals surface area (Å²) in [5.74, 6) is 0. The van der Waals surface area contributed by atoms with Crippen LogP contribution in [0.1, 0.15) is 48.3 Å². The molecule has 2 nitrogen and oxygen atoms in total. The summed E-state index contributed by atoms with van der Waals surface area (Å²) >= 11 is 0. The second kappa shape index (κ2) is 7.08. The van der Waals surface area contributed by atoms with E-state index in [4.69, 9.17) is 9.47 Å². The van der Waals surface area contributed by atoms with Gasteiger partial charge in [-0.2, -0.15) is 0 Å². The molecule has 3 rings (SSSR count). The van der Waals surface area contributed by atoms with Gasteiger partial charge in [-0.3, -0.25) is 0 Å². The third-order valence-corrected chi connectivity index (χ3v) is 4.42. The molecule has 1 aliphatic rings. The first kappa shape index (κ1) is 15.3. The molecule has 1 saturated heterocycles. The molecular weight excluding hydrogens is 272 g/mol. The Balaban J connectivity index is 1.61. The van der Waals surface area contributed by atoms with Crippen molar-refractivity contribution in [3.63, 3.8) is 0 Å². The number of rotatable bonds is 4. The molecule has 0 saturated carbocycles. The van der Waals surface area contributed by atoms with Crippen LogP contribution in [0.4, 0.5) is 0 Å². The standard InChI is InChI=1S/C20H24O2/c1-3-15-5-9-17(10-6-15)19-13-22-20(14-21-19)18-11-7-16(4-2)8-12-18/h5-12,19-20H,3-4,13-14H2,1-2H3. The molecule has 1 fully saturated rings. The second-order valence-electron chi connectivity index (χ2n) is 5.83. The zero-order valence-electron chi connectivity index (χ0n) is 13.4. The van der Waals surface area contributed by atoms with Crippen LogP contribution in [0.2, 0.25) is 0 Å². The molecule has 22 heavy (non-hydrogen) atoms. The molecule has 0 spiro atoms. The average molecular weight is 296 g/mol. The van der Waals surface area contributed by atoms with Crippen LogP contribution in [0.3, 0.4) is 0 Å². The molecule has 0 bridgehead atoms. The number of aryl methyl sites for hydroxylation is 2. The minimum atomic E-state index is 0.0528. The molecule has 1 heterocycles. The van der Waals surface area contributed by atoms with Crippen LogP contribution in [0.15, 0.2) is 48.5 Å². The Bertz CT molecular complexity index is 523. The molecule has 0 aromatic heterocycles. The summed E-state index contributed by atoms with van der Waals surface area (Å²) < 4.78 is 12.1. The lowest BCUT2D eigenvalue weighted by Gasteiger charge is -2.30. The third-order valence-electron chi connectivity index (χ3n) is 4.42. The van der Waals surface area contributed by atoms with Crippen molar-refractivity contribution in [1.29, 1.82) is 0 Å². The van der Waals surface area contributed by atoms with Gasteiger partial charge in [0.25, 0.3) is 0 Å². The maximum absolute atomic E-state index is 6.04. The fraction of sp³-hybridized carbons (Fsp3) is 0.400. The quantitative estimate of drug-likeness (QED) is 0.818. The summed E-state index contributed by atoms with van der Waals surface area (Å²) in [6, 6.07) is 17.3. The fourth-order valence-corrected chi connectivity index (χ4v) is 2.82. The molecule has 2 unspecified atom stereocenters. The van der Waals surface area contributed by atoms with Crippen LogP contribution >= 0.6 is 0 Å². The van der Waals surface area contributed by atoms with Crippen molar-refractivity contribution in [2.24, 2.45) is 0 Å². The van der Waals surface area contributed by atoms with Crippen LogP contribution in [-0.2, 0) is 22.3 Å². The van der Waals surface area contributed by atoms with Gasteiger partial charge in [-0.1, -0.05) is 62.4 Å². The molecule has 2 aromatic carbocycles. The second-order valence-corrected chi connectivity index (χ2v) is 5.83. The van der Waals surface area contributed by atoms with Gasteiger partial charge in [-0.25, -0.2) is 0 Å². The van der Waals surface area contributed by atoms with Crippen molar-refractivity contribution < 1.29 is 9.47 Å². The number of ether oxygens (including phenoxy) is 2. The topological polar surface area (TPSA) is 18.5 Å². The zero-order chi connectivity index (χ0) is 15.4. The molecule has 0 N–H and O–H groups in total. The summed E-state index contributed by atoms with van der Waals surface area (Å²) in [4.78, 5) is 0. The number of benzene rings is 2. The van der Waals surface area contributed by atoms with Crippen LogP contribution in [0, 0.1) is 0 Å². The third kappa shape index (κ3) is 3.40. The molecule has 1 aliphatic heterocycles. The zero-order valence-corrected chi connectivity index (χ0v) is 13.4. The molecule has 2 heteroatoms.